The molecule has 122 valence electrons. The van der Waals surface area contributed by atoms with Crippen LogP contribution in [-0.2, 0) is 11.3 Å². The first-order chi connectivity index (χ1) is 10.7. The molecule has 2 aromatic rings. The number of anilines is 1. The van der Waals surface area contributed by atoms with Crippen molar-refractivity contribution in [1.29, 1.82) is 0 Å². The molecule has 0 aromatic heterocycles. The van der Waals surface area contributed by atoms with E-state index in [0.717, 1.165) is 24.1 Å². The number of carbonyl (C=O) groups is 1. The van der Waals surface area contributed by atoms with Gasteiger partial charge in [0.1, 0.15) is 5.82 Å². The summed E-state index contributed by atoms with van der Waals surface area (Å²) >= 11 is 0. The van der Waals surface area contributed by atoms with Gasteiger partial charge in [0, 0.05) is 18.3 Å². The summed E-state index contributed by atoms with van der Waals surface area (Å²) in [6, 6.07) is 16.4. The molecule has 0 bridgehead atoms. The van der Waals surface area contributed by atoms with Gasteiger partial charge in [0.2, 0.25) is 5.91 Å². The first kappa shape index (κ1) is 17.3. The lowest BCUT2D eigenvalue weighted by Crippen LogP contribution is -2.36. The number of amides is 1. The van der Waals surface area contributed by atoms with E-state index in [1.165, 1.54) is 12.1 Å². The van der Waals surface area contributed by atoms with Crippen LogP contribution in [0.1, 0.15) is 18.4 Å². The predicted molar refractivity (Wildman–Crippen MR) is 92.2 cm³/mol. The molecule has 0 atom stereocenters. The maximum atomic E-state index is 13.0. The molecule has 3 nitrogen and oxygen atoms in total. The predicted octanol–water partition coefficient (Wildman–Crippen LogP) is 3.85. The zero-order valence-electron chi connectivity index (χ0n) is 12.7. The molecule has 1 amide bonds. The fraction of sp³-hybridized carbons (Fsp3) is 0.278. The molecule has 0 aliphatic heterocycles. The topological polar surface area (TPSA) is 32.3 Å². The number of para-hydroxylation sites is 1. The molecule has 0 heterocycles. The van der Waals surface area contributed by atoms with Gasteiger partial charge in [-0.1, -0.05) is 30.3 Å². The summed E-state index contributed by atoms with van der Waals surface area (Å²) in [6.45, 7) is 0.821. The number of nitrogens with zero attached hydrogens (tertiary/aromatic N) is 1. The van der Waals surface area contributed by atoms with E-state index in [-0.39, 0.29) is 30.7 Å². The third-order valence-electron chi connectivity index (χ3n) is 3.79. The summed E-state index contributed by atoms with van der Waals surface area (Å²) in [4.78, 5) is 14.4. The average molecular weight is 335 g/mol. The van der Waals surface area contributed by atoms with Gasteiger partial charge in [-0.3, -0.25) is 4.79 Å². The van der Waals surface area contributed by atoms with Gasteiger partial charge in [-0.15, -0.1) is 12.4 Å². The first-order valence-electron chi connectivity index (χ1n) is 7.55. The van der Waals surface area contributed by atoms with Crippen LogP contribution in [0.4, 0.5) is 10.1 Å². The van der Waals surface area contributed by atoms with Crippen LogP contribution in [-0.4, -0.2) is 23.4 Å². The highest BCUT2D eigenvalue weighted by Gasteiger charge is 2.32. The Kier molecular flexibility index (Phi) is 5.99. The van der Waals surface area contributed by atoms with Crippen LogP contribution in [0.25, 0.3) is 0 Å². The third kappa shape index (κ3) is 4.96. The van der Waals surface area contributed by atoms with Gasteiger partial charge < -0.3 is 10.2 Å². The van der Waals surface area contributed by atoms with Gasteiger partial charge in [0.25, 0.3) is 0 Å². The number of halogens is 2. The van der Waals surface area contributed by atoms with Crippen molar-refractivity contribution < 1.29 is 9.18 Å². The second-order valence-electron chi connectivity index (χ2n) is 5.60. The fourth-order valence-electron chi connectivity index (χ4n) is 2.43. The van der Waals surface area contributed by atoms with Crippen LogP contribution in [0.3, 0.4) is 0 Å². The molecule has 1 N–H and O–H groups in total. The van der Waals surface area contributed by atoms with Gasteiger partial charge in [0.05, 0.1) is 6.54 Å². The Morgan fingerprint density at radius 2 is 1.74 bits per heavy atom. The van der Waals surface area contributed by atoms with Crippen LogP contribution < -0.4 is 5.32 Å². The number of carbonyl (C=O) groups excluding carboxylic acids is 1. The first-order valence-corrected chi connectivity index (χ1v) is 7.55. The fourth-order valence-corrected chi connectivity index (χ4v) is 2.43. The standard InChI is InChI=1S/C18H19FN2O.ClH/c19-15-8-6-14(7-9-15)13-21(17-10-11-17)18(22)12-20-16-4-2-1-3-5-16;/h1-9,17,20H,10-13H2;1H. The van der Waals surface area contributed by atoms with Gasteiger partial charge in [-0.05, 0) is 42.7 Å². The van der Waals surface area contributed by atoms with Crippen LogP contribution in [0, 0.1) is 5.82 Å². The summed E-state index contributed by atoms with van der Waals surface area (Å²) in [7, 11) is 0. The highest BCUT2D eigenvalue weighted by Crippen LogP contribution is 2.28. The van der Waals surface area contributed by atoms with Crippen molar-refractivity contribution in [3.63, 3.8) is 0 Å². The summed E-state index contributed by atoms with van der Waals surface area (Å²) in [5.41, 5.74) is 1.90. The molecule has 0 radical (unpaired) electrons. The quantitative estimate of drug-likeness (QED) is 0.870. The lowest BCUT2D eigenvalue weighted by molar-refractivity contribution is -0.130. The summed E-state index contributed by atoms with van der Waals surface area (Å²) in [5.74, 6) is -0.172. The molecule has 2 aromatic carbocycles. The van der Waals surface area contributed by atoms with Crippen LogP contribution >= 0.6 is 12.4 Å². The molecule has 1 fully saturated rings. The number of nitrogens with one attached hydrogen (secondary N) is 1. The van der Waals surface area contributed by atoms with Crippen molar-refractivity contribution in [2.24, 2.45) is 0 Å². The van der Waals surface area contributed by atoms with Crippen molar-refractivity contribution in [3.8, 4) is 0 Å². The number of hydrogen-bond donors (Lipinski definition) is 1. The van der Waals surface area contributed by atoms with Crippen molar-refractivity contribution in [1.82, 2.24) is 4.90 Å². The SMILES string of the molecule is Cl.O=C(CNc1ccccc1)N(Cc1ccc(F)cc1)C1CC1. The summed E-state index contributed by atoms with van der Waals surface area (Å²) in [6.07, 6.45) is 2.11. The maximum Gasteiger partial charge on any atom is 0.242 e. The molecule has 1 aliphatic rings. The number of benzene rings is 2. The Hall–Kier alpha value is -2.07. The molecule has 5 heteroatoms. The van der Waals surface area contributed by atoms with Crippen molar-refractivity contribution in [2.75, 3.05) is 11.9 Å². The second-order valence-corrected chi connectivity index (χ2v) is 5.60. The Morgan fingerprint density at radius 1 is 1.09 bits per heavy atom. The van der Waals surface area contributed by atoms with E-state index >= 15 is 0 Å². The smallest absolute Gasteiger partial charge is 0.242 e. The van der Waals surface area contributed by atoms with Crippen molar-refractivity contribution in [3.05, 3.63) is 66.0 Å². The lowest BCUT2D eigenvalue weighted by atomic mass is 10.2. The molecule has 0 unspecified atom stereocenters. The van der Waals surface area contributed by atoms with E-state index in [4.69, 9.17) is 0 Å². The highest BCUT2D eigenvalue weighted by atomic mass is 35.5. The Morgan fingerprint density at radius 3 is 2.35 bits per heavy atom. The van der Waals surface area contributed by atoms with Crippen molar-refractivity contribution >= 4 is 24.0 Å². The molecule has 3 rings (SSSR count). The molecule has 1 aliphatic carbocycles. The second kappa shape index (κ2) is 7.97. The minimum Gasteiger partial charge on any atom is -0.376 e. The Balaban J connectivity index is 0.00000192. The van der Waals surface area contributed by atoms with Crippen LogP contribution in [0.2, 0.25) is 0 Å². The maximum absolute atomic E-state index is 13.0. The van der Waals surface area contributed by atoms with Gasteiger partial charge in [0.15, 0.2) is 0 Å². The van der Waals surface area contributed by atoms with E-state index in [1.807, 2.05) is 35.2 Å². The zero-order chi connectivity index (χ0) is 15.4. The number of hydrogen-bond acceptors (Lipinski definition) is 2. The van der Waals surface area contributed by atoms with Gasteiger partial charge in [-0.25, -0.2) is 4.39 Å². The molecule has 23 heavy (non-hydrogen) atoms. The Labute approximate surface area is 141 Å². The normalized spacial score (nSPS) is 13.1. The minimum atomic E-state index is -0.251. The van der Waals surface area contributed by atoms with E-state index < -0.39 is 0 Å². The largest absolute Gasteiger partial charge is 0.376 e. The molecule has 0 saturated heterocycles. The van der Waals surface area contributed by atoms with Crippen LogP contribution in [0.15, 0.2) is 54.6 Å². The molecule has 1 saturated carbocycles. The van der Waals surface area contributed by atoms with E-state index in [0.29, 0.717) is 12.6 Å². The minimum absolute atomic E-state index is 0. The lowest BCUT2D eigenvalue weighted by Gasteiger charge is -2.23. The van der Waals surface area contributed by atoms with Gasteiger partial charge >= 0.3 is 0 Å². The third-order valence-corrected chi connectivity index (χ3v) is 3.79. The van der Waals surface area contributed by atoms with E-state index in [2.05, 4.69) is 5.32 Å². The Bertz CT molecular complexity index is 629. The van der Waals surface area contributed by atoms with Gasteiger partial charge in [-0.2, -0.15) is 0 Å². The average Bonchev–Trinajstić information content (AvgIpc) is 3.38. The van der Waals surface area contributed by atoms with E-state index in [1.54, 1.807) is 12.1 Å². The van der Waals surface area contributed by atoms with Crippen molar-refractivity contribution in [2.45, 2.75) is 25.4 Å². The number of rotatable bonds is 6. The molecule has 0 spiro atoms. The summed E-state index contributed by atoms with van der Waals surface area (Å²) in [5, 5.41) is 3.15. The van der Waals surface area contributed by atoms with E-state index in [9.17, 15) is 9.18 Å². The zero-order valence-corrected chi connectivity index (χ0v) is 13.6. The molecular weight excluding hydrogens is 315 g/mol. The highest BCUT2D eigenvalue weighted by molar-refractivity contribution is 5.85. The summed E-state index contributed by atoms with van der Waals surface area (Å²) < 4.78 is 13.0. The van der Waals surface area contributed by atoms with Crippen LogP contribution in [0.5, 0.6) is 0 Å². The molecular formula is C18H20ClFN2O. The monoisotopic (exact) mass is 334 g/mol.